The Kier molecular flexibility index (Phi) is 10.1. The Labute approximate surface area is 214 Å². The van der Waals surface area contributed by atoms with Crippen LogP contribution in [0.15, 0.2) is 96.1 Å². The van der Waals surface area contributed by atoms with Crippen LogP contribution in [0.2, 0.25) is 0 Å². The van der Waals surface area contributed by atoms with Crippen molar-refractivity contribution >= 4 is 5.78 Å². The standard InChI is InChI=1S/C32H36O.C2H6.H2/c1-23(21-26-14-17-29(18-15-26)28-10-5-4-6-11-28)13-16-27-19-20-32(33)31(25(27)3)22-30-12-8-7-9-24(30)2;1-2;/h7-9,12-20,28,31H,3-6,10-11,21-22H2,1-2H3;1-2H3;1H/b23-13+,27-16-;;. The van der Waals surface area contributed by atoms with Crippen LogP contribution in [0.25, 0.3) is 0 Å². The van der Waals surface area contributed by atoms with Crippen molar-refractivity contribution in [3.63, 3.8) is 0 Å². The molecule has 0 radical (unpaired) electrons. The van der Waals surface area contributed by atoms with E-state index in [0.29, 0.717) is 6.42 Å². The number of hydrogen-bond donors (Lipinski definition) is 0. The van der Waals surface area contributed by atoms with Crippen LogP contribution in [-0.4, -0.2) is 5.78 Å². The number of carbonyl (C=O) groups excluding carboxylic acids is 1. The average molecular weight is 469 g/mol. The van der Waals surface area contributed by atoms with Gasteiger partial charge in [0, 0.05) is 1.43 Å². The molecule has 1 heteroatoms. The van der Waals surface area contributed by atoms with Gasteiger partial charge in [0.1, 0.15) is 0 Å². The molecule has 1 fully saturated rings. The van der Waals surface area contributed by atoms with Gasteiger partial charge in [0.05, 0.1) is 5.92 Å². The topological polar surface area (TPSA) is 17.1 Å². The van der Waals surface area contributed by atoms with E-state index in [-0.39, 0.29) is 13.1 Å². The molecule has 0 heterocycles. The quantitative estimate of drug-likeness (QED) is 0.413. The van der Waals surface area contributed by atoms with E-state index in [1.54, 1.807) is 6.08 Å². The highest BCUT2D eigenvalue weighted by molar-refractivity contribution is 5.97. The predicted octanol–water partition coefficient (Wildman–Crippen LogP) is 9.28. The van der Waals surface area contributed by atoms with Crippen LogP contribution in [-0.2, 0) is 17.6 Å². The van der Waals surface area contributed by atoms with E-state index in [4.69, 9.17) is 0 Å². The first kappa shape index (κ1) is 26.7. The summed E-state index contributed by atoms with van der Waals surface area (Å²) in [5, 5.41) is 0. The summed E-state index contributed by atoms with van der Waals surface area (Å²) < 4.78 is 0. The summed E-state index contributed by atoms with van der Waals surface area (Å²) in [4.78, 5) is 12.6. The van der Waals surface area contributed by atoms with Crippen molar-refractivity contribution in [1.29, 1.82) is 0 Å². The molecule has 0 aromatic heterocycles. The van der Waals surface area contributed by atoms with Crippen LogP contribution in [0.4, 0.5) is 0 Å². The van der Waals surface area contributed by atoms with Gasteiger partial charge in [-0.1, -0.05) is 112 Å². The molecule has 0 spiro atoms. The third-order valence-electron chi connectivity index (χ3n) is 7.33. The lowest BCUT2D eigenvalue weighted by Gasteiger charge is -2.22. The van der Waals surface area contributed by atoms with Crippen LogP contribution < -0.4 is 0 Å². The Morgan fingerprint density at radius 2 is 1.69 bits per heavy atom. The highest BCUT2D eigenvalue weighted by atomic mass is 16.1. The molecule has 0 amide bonds. The van der Waals surface area contributed by atoms with E-state index in [2.05, 4.69) is 69.0 Å². The van der Waals surface area contributed by atoms with Crippen LogP contribution in [0.3, 0.4) is 0 Å². The average Bonchev–Trinajstić information content (AvgIpc) is 2.89. The smallest absolute Gasteiger partial charge is 0.163 e. The third-order valence-corrected chi connectivity index (χ3v) is 7.33. The summed E-state index contributed by atoms with van der Waals surface area (Å²) >= 11 is 0. The predicted molar refractivity (Wildman–Crippen MR) is 153 cm³/mol. The Morgan fingerprint density at radius 1 is 1.00 bits per heavy atom. The maximum atomic E-state index is 12.6. The molecule has 1 atom stereocenters. The molecule has 1 saturated carbocycles. The molecule has 2 aliphatic rings. The van der Waals surface area contributed by atoms with Gasteiger partial charge in [-0.15, -0.1) is 0 Å². The van der Waals surface area contributed by atoms with Gasteiger partial charge in [-0.3, -0.25) is 4.79 Å². The summed E-state index contributed by atoms with van der Waals surface area (Å²) in [5.74, 6) is 0.733. The maximum absolute atomic E-state index is 12.6. The molecule has 0 N–H and O–H groups in total. The lowest BCUT2D eigenvalue weighted by Crippen LogP contribution is -2.21. The van der Waals surface area contributed by atoms with Gasteiger partial charge >= 0.3 is 0 Å². The summed E-state index contributed by atoms with van der Waals surface area (Å²) in [6.45, 7) is 12.6. The second kappa shape index (κ2) is 13.2. The zero-order valence-corrected chi connectivity index (χ0v) is 22.1. The third kappa shape index (κ3) is 7.28. The van der Waals surface area contributed by atoms with E-state index < -0.39 is 0 Å². The monoisotopic (exact) mass is 468 g/mol. The molecular weight excluding hydrogens is 424 g/mol. The second-order valence-corrected chi connectivity index (χ2v) is 9.83. The first-order chi connectivity index (χ1) is 17.0. The SMILES string of the molecule is C=C1/C(=C\C=C(/C)Cc2ccc(C3CCCCC3)cc2)C=CC(=O)C1Cc1ccccc1C.CC.[HH]. The van der Waals surface area contributed by atoms with Gasteiger partial charge in [0.2, 0.25) is 0 Å². The molecule has 1 nitrogen and oxygen atoms in total. The Hall–Kier alpha value is -2.93. The maximum Gasteiger partial charge on any atom is 0.163 e. The van der Waals surface area contributed by atoms with Crippen LogP contribution in [0, 0.1) is 12.8 Å². The molecule has 2 aromatic carbocycles. The van der Waals surface area contributed by atoms with Gasteiger partial charge in [0.25, 0.3) is 0 Å². The van der Waals surface area contributed by atoms with E-state index in [1.807, 2.05) is 32.1 Å². The van der Waals surface area contributed by atoms with Gasteiger partial charge in [-0.2, -0.15) is 0 Å². The number of carbonyl (C=O) groups is 1. The van der Waals surface area contributed by atoms with Crippen molar-refractivity contribution in [2.24, 2.45) is 5.92 Å². The zero-order chi connectivity index (χ0) is 25.2. The summed E-state index contributed by atoms with van der Waals surface area (Å²) in [7, 11) is 0. The van der Waals surface area contributed by atoms with Crippen molar-refractivity contribution in [2.45, 2.75) is 78.6 Å². The normalized spacial score (nSPS) is 20.1. The lowest BCUT2D eigenvalue weighted by atomic mass is 9.80. The molecule has 0 aliphatic heterocycles. The van der Waals surface area contributed by atoms with E-state index in [1.165, 1.54) is 59.9 Å². The first-order valence-electron chi connectivity index (χ1n) is 13.4. The fraction of sp³-hybridized carbons (Fsp3) is 0.382. The van der Waals surface area contributed by atoms with E-state index in [0.717, 1.165) is 23.5 Å². The van der Waals surface area contributed by atoms with E-state index >= 15 is 0 Å². The second-order valence-electron chi connectivity index (χ2n) is 9.83. The number of aryl methyl sites for hydroxylation is 1. The van der Waals surface area contributed by atoms with Crippen LogP contribution >= 0.6 is 0 Å². The molecule has 0 saturated heterocycles. The highest BCUT2D eigenvalue weighted by Crippen LogP contribution is 2.33. The molecule has 2 aliphatic carbocycles. The van der Waals surface area contributed by atoms with Crippen molar-refractivity contribution < 1.29 is 6.22 Å². The highest BCUT2D eigenvalue weighted by Gasteiger charge is 2.25. The minimum Gasteiger partial charge on any atom is -0.294 e. The molecule has 186 valence electrons. The number of hydrogen-bond acceptors (Lipinski definition) is 1. The van der Waals surface area contributed by atoms with Crippen molar-refractivity contribution in [3.8, 4) is 0 Å². The van der Waals surface area contributed by atoms with Gasteiger partial charge in [0.15, 0.2) is 5.78 Å². The molecule has 4 rings (SSSR count). The Morgan fingerprint density at radius 3 is 2.37 bits per heavy atom. The van der Waals surface area contributed by atoms with Crippen molar-refractivity contribution in [2.75, 3.05) is 0 Å². The Balaban J connectivity index is 0.00000148. The molecule has 0 bridgehead atoms. The number of allylic oxidation sites excluding steroid dienone is 7. The van der Waals surface area contributed by atoms with E-state index in [9.17, 15) is 4.79 Å². The number of benzene rings is 2. The Bertz CT molecular complexity index is 1090. The lowest BCUT2D eigenvalue weighted by molar-refractivity contribution is -0.117. The minimum atomic E-state index is -0.177. The van der Waals surface area contributed by atoms with Crippen LogP contribution in [0.5, 0.6) is 0 Å². The number of rotatable bonds is 6. The van der Waals surface area contributed by atoms with Gasteiger partial charge in [-0.05, 0) is 84.9 Å². The molecular formula is C34H44O. The van der Waals surface area contributed by atoms with Crippen molar-refractivity contribution in [3.05, 3.63) is 118 Å². The zero-order valence-electron chi connectivity index (χ0n) is 22.1. The largest absolute Gasteiger partial charge is 0.294 e. The summed E-state index contributed by atoms with van der Waals surface area (Å²) in [6, 6.07) is 17.6. The molecule has 1 unspecified atom stereocenters. The minimum absolute atomic E-state index is 0. The fourth-order valence-electron chi connectivity index (χ4n) is 5.17. The van der Waals surface area contributed by atoms with Gasteiger partial charge < -0.3 is 0 Å². The van der Waals surface area contributed by atoms with Crippen molar-refractivity contribution in [1.82, 2.24) is 0 Å². The molecule has 2 aromatic rings. The van der Waals surface area contributed by atoms with Gasteiger partial charge in [-0.25, -0.2) is 0 Å². The summed E-state index contributed by atoms with van der Waals surface area (Å²) in [5.41, 5.74) is 8.59. The fourth-order valence-corrected chi connectivity index (χ4v) is 5.17. The number of ketones is 1. The van der Waals surface area contributed by atoms with Crippen LogP contribution in [0.1, 0.15) is 82.5 Å². The molecule has 35 heavy (non-hydrogen) atoms. The summed E-state index contributed by atoms with van der Waals surface area (Å²) in [6.07, 6.45) is 16.4. The first-order valence-corrected chi connectivity index (χ1v) is 13.4.